The Labute approximate surface area is 174 Å². The quantitative estimate of drug-likeness (QED) is 0.479. The van der Waals surface area contributed by atoms with Crippen molar-refractivity contribution in [1.82, 2.24) is 30.0 Å². The topological polar surface area (TPSA) is 90.5 Å². The highest BCUT2D eigenvalue weighted by atomic mass is 16.1. The fourth-order valence-electron chi connectivity index (χ4n) is 3.46. The number of anilines is 1. The summed E-state index contributed by atoms with van der Waals surface area (Å²) < 4.78 is 1.76. The van der Waals surface area contributed by atoms with Crippen LogP contribution in [0.4, 0.5) is 5.69 Å². The Morgan fingerprint density at radius 3 is 2.14 bits per heavy atom. The number of aryl methyl sites for hydroxylation is 3. The lowest BCUT2D eigenvalue weighted by Gasteiger charge is -2.04. The molecule has 0 aromatic carbocycles. The second kappa shape index (κ2) is 12.3. The number of nitrogens with one attached hydrogen (secondary N) is 1. The lowest BCUT2D eigenvalue weighted by atomic mass is 10.1. The minimum Gasteiger partial charge on any atom is -0.323 e. The van der Waals surface area contributed by atoms with E-state index in [1.165, 1.54) is 57.8 Å². The van der Waals surface area contributed by atoms with Gasteiger partial charge in [0.05, 0.1) is 30.0 Å². The lowest BCUT2D eigenvalue weighted by Crippen LogP contribution is -2.16. The molecule has 0 saturated heterocycles. The van der Waals surface area contributed by atoms with Gasteiger partial charge in [-0.1, -0.05) is 64.7 Å². The molecule has 8 heteroatoms. The van der Waals surface area contributed by atoms with E-state index < -0.39 is 0 Å². The predicted octanol–water partition coefficient (Wildman–Crippen LogP) is 4.13. The van der Waals surface area contributed by atoms with Crippen LogP contribution in [-0.4, -0.2) is 35.9 Å². The molecule has 2 aromatic rings. The maximum atomic E-state index is 12.3. The summed E-state index contributed by atoms with van der Waals surface area (Å²) in [6.45, 7) is 6.82. The normalized spacial score (nSPS) is 11.2. The average molecular weight is 404 g/mol. The first kappa shape index (κ1) is 23.0. The monoisotopic (exact) mass is 403 g/mol. The summed E-state index contributed by atoms with van der Waals surface area (Å²) in [7, 11) is 1.86. The first-order valence-electron chi connectivity index (χ1n) is 11.1. The van der Waals surface area contributed by atoms with Crippen molar-refractivity contribution in [3.63, 3.8) is 0 Å². The number of hydrogen-bond acceptors (Lipinski definition) is 5. The average Bonchev–Trinajstić information content (AvgIpc) is 3.22. The summed E-state index contributed by atoms with van der Waals surface area (Å²) in [5, 5.41) is 19.6. The van der Waals surface area contributed by atoms with Gasteiger partial charge in [-0.3, -0.25) is 9.48 Å². The highest BCUT2D eigenvalue weighted by molar-refractivity contribution is 5.92. The predicted molar refractivity (Wildman–Crippen MR) is 115 cm³/mol. The van der Waals surface area contributed by atoms with E-state index in [4.69, 9.17) is 0 Å². The van der Waals surface area contributed by atoms with Crippen LogP contribution in [-0.2, 0) is 24.8 Å². The van der Waals surface area contributed by atoms with E-state index in [0.29, 0.717) is 5.82 Å². The molecule has 8 nitrogen and oxygen atoms in total. The molecule has 2 aromatic heterocycles. The van der Waals surface area contributed by atoms with Gasteiger partial charge >= 0.3 is 0 Å². The van der Waals surface area contributed by atoms with Crippen molar-refractivity contribution >= 4 is 11.6 Å². The smallest absolute Gasteiger partial charge is 0.232 e. The first-order valence-corrected chi connectivity index (χ1v) is 11.1. The maximum Gasteiger partial charge on any atom is 0.232 e. The SMILES string of the molecule is CCCCCCCCCCCCn1nnc(CC(=O)Nc2c(C)nn(C)c2C)n1. The molecular weight excluding hydrogens is 366 g/mol. The molecule has 0 fully saturated rings. The second-order valence-electron chi connectivity index (χ2n) is 7.88. The van der Waals surface area contributed by atoms with Crippen molar-refractivity contribution in [3.8, 4) is 0 Å². The van der Waals surface area contributed by atoms with Gasteiger partial charge in [0, 0.05) is 7.05 Å². The van der Waals surface area contributed by atoms with Crippen LogP contribution in [0.5, 0.6) is 0 Å². The van der Waals surface area contributed by atoms with E-state index in [2.05, 4.69) is 32.7 Å². The van der Waals surface area contributed by atoms with Crippen molar-refractivity contribution in [3.05, 3.63) is 17.2 Å². The molecule has 0 aliphatic heterocycles. The standard InChI is InChI=1S/C21H37N7O/c1-5-6-7-8-9-10-11-12-13-14-15-28-25-19(23-26-28)16-20(29)22-21-17(2)24-27(4)18(21)3/h5-16H2,1-4H3,(H,22,29). The van der Waals surface area contributed by atoms with E-state index in [1.807, 2.05) is 20.9 Å². The van der Waals surface area contributed by atoms with Crippen LogP contribution in [0, 0.1) is 13.8 Å². The van der Waals surface area contributed by atoms with Crippen molar-refractivity contribution in [2.75, 3.05) is 5.32 Å². The molecule has 2 heterocycles. The summed E-state index contributed by atoms with van der Waals surface area (Å²) in [6, 6.07) is 0. The summed E-state index contributed by atoms with van der Waals surface area (Å²) in [5.74, 6) is 0.302. The van der Waals surface area contributed by atoms with Crippen molar-refractivity contribution in [1.29, 1.82) is 0 Å². The highest BCUT2D eigenvalue weighted by Gasteiger charge is 2.15. The number of amides is 1. The van der Waals surface area contributed by atoms with Crippen LogP contribution >= 0.6 is 0 Å². The third-order valence-electron chi connectivity index (χ3n) is 5.30. The molecule has 1 N–H and O–H groups in total. The molecule has 0 aliphatic rings. The third kappa shape index (κ3) is 7.95. The molecule has 0 radical (unpaired) electrons. The van der Waals surface area contributed by atoms with E-state index in [9.17, 15) is 4.79 Å². The van der Waals surface area contributed by atoms with Crippen LogP contribution in [0.2, 0.25) is 0 Å². The Kier molecular flexibility index (Phi) is 9.80. The number of nitrogens with zero attached hydrogens (tertiary/aromatic N) is 6. The fraction of sp³-hybridized carbons (Fsp3) is 0.762. The van der Waals surface area contributed by atoms with Crippen LogP contribution in [0.15, 0.2) is 0 Å². The number of carbonyl (C=O) groups excluding carboxylic acids is 1. The van der Waals surface area contributed by atoms with Gasteiger partial charge < -0.3 is 5.32 Å². The number of carbonyl (C=O) groups is 1. The Hall–Kier alpha value is -2.25. The van der Waals surface area contributed by atoms with Crippen molar-refractivity contribution in [2.45, 2.75) is 97.9 Å². The molecule has 0 spiro atoms. The first-order chi connectivity index (χ1) is 14.0. The van der Waals surface area contributed by atoms with Crippen LogP contribution < -0.4 is 5.32 Å². The minimum atomic E-state index is -0.150. The van der Waals surface area contributed by atoms with Gasteiger partial charge in [-0.15, -0.1) is 10.2 Å². The number of aromatic nitrogens is 6. The molecule has 0 aliphatic carbocycles. The van der Waals surface area contributed by atoms with E-state index in [1.54, 1.807) is 9.48 Å². The number of rotatable bonds is 14. The Balaban J connectivity index is 1.61. The largest absolute Gasteiger partial charge is 0.323 e. The number of unbranched alkanes of at least 4 members (excludes halogenated alkanes) is 9. The molecule has 0 bridgehead atoms. The highest BCUT2D eigenvalue weighted by Crippen LogP contribution is 2.18. The molecule has 0 atom stereocenters. The maximum absolute atomic E-state index is 12.3. The van der Waals surface area contributed by atoms with E-state index in [0.717, 1.165) is 30.0 Å². The minimum absolute atomic E-state index is 0.117. The molecule has 2 rings (SSSR count). The molecule has 29 heavy (non-hydrogen) atoms. The fourth-order valence-corrected chi connectivity index (χ4v) is 3.46. The summed E-state index contributed by atoms with van der Waals surface area (Å²) >= 11 is 0. The number of hydrogen-bond donors (Lipinski definition) is 1. The van der Waals surface area contributed by atoms with Crippen LogP contribution in [0.3, 0.4) is 0 Å². The van der Waals surface area contributed by atoms with Crippen LogP contribution in [0.1, 0.15) is 88.3 Å². The lowest BCUT2D eigenvalue weighted by molar-refractivity contribution is -0.115. The van der Waals surface area contributed by atoms with E-state index >= 15 is 0 Å². The van der Waals surface area contributed by atoms with Gasteiger partial charge in [0.2, 0.25) is 5.91 Å². The third-order valence-corrected chi connectivity index (χ3v) is 5.30. The van der Waals surface area contributed by atoms with Gasteiger partial charge in [0.1, 0.15) is 0 Å². The molecule has 0 unspecified atom stereocenters. The van der Waals surface area contributed by atoms with Gasteiger partial charge in [-0.2, -0.15) is 9.90 Å². The van der Waals surface area contributed by atoms with Crippen molar-refractivity contribution < 1.29 is 4.79 Å². The van der Waals surface area contributed by atoms with Gasteiger partial charge in [-0.05, 0) is 25.5 Å². The van der Waals surface area contributed by atoms with Crippen LogP contribution in [0.25, 0.3) is 0 Å². The Bertz CT molecular complexity index is 750. The molecule has 1 amide bonds. The zero-order chi connectivity index (χ0) is 21.1. The zero-order valence-electron chi connectivity index (χ0n) is 18.6. The van der Waals surface area contributed by atoms with Crippen molar-refractivity contribution in [2.24, 2.45) is 7.05 Å². The zero-order valence-corrected chi connectivity index (χ0v) is 18.6. The van der Waals surface area contributed by atoms with Gasteiger partial charge in [-0.25, -0.2) is 0 Å². The Morgan fingerprint density at radius 2 is 1.55 bits per heavy atom. The molecular formula is C21H37N7O. The molecule has 0 saturated carbocycles. The molecule has 162 valence electrons. The second-order valence-corrected chi connectivity index (χ2v) is 7.88. The van der Waals surface area contributed by atoms with Gasteiger partial charge in [0.25, 0.3) is 0 Å². The van der Waals surface area contributed by atoms with E-state index in [-0.39, 0.29) is 12.3 Å². The summed E-state index contributed by atoms with van der Waals surface area (Å²) in [4.78, 5) is 13.9. The Morgan fingerprint density at radius 1 is 0.931 bits per heavy atom. The number of tetrazole rings is 1. The summed E-state index contributed by atoms with van der Waals surface area (Å²) in [6.07, 6.45) is 13.1. The van der Waals surface area contributed by atoms with Gasteiger partial charge in [0.15, 0.2) is 5.82 Å². The summed E-state index contributed by atoms with van der Waals surface area (Å²) in [5.41, 5.74) is 2.49.